The average molecular weight is 370 g/mol. The molecule has 0 aliphatic carbocycles. The second-order valence-corrected chi connectivity index (χ2v) is 6.78. The summed E-state index contributed by atoms with van der Waals surface area (Å²) in [4.78, 5) is 17.5. The molecular weight excluding hydrogens is 348 g/mol. The van der Waals surface area contributed by atoms with Gasteiger partial charge in [-0.05, 0) is 50.1 Å². The molecule has 2 heterocycles. The van der Waals surface area contributed by atoms with Crippen molar-refractivity contribution >= 4 is 22.6 Å². The number of carbonyl (C=O) groups excluding carboxylic acids is 1. The minimum atomic E-state index is -0.196. The summed E-state index contributed by atoms with van der Waals surface area (Å²) in [6.45, 7) is 5.90. The molecule has 0 bridgehead atoms. The molecule has 2 aromatic carbocycles. The van der Waals surface area contributed by atoms with Crippen molar-refractivity contribution < 1.29 is 4.79 Å². The van der Waals surface area contributed by atoms with Gasteiger partial charge in [0, 0.05) is 5.39 Å². The van der Waals surface area contributed by atoms with Crippen LogP contribution in [0.4, 0.5) is 5.82 Å². The van der Waals surface area contributed by atoms with Crippen LogP contribution >= 0.6 is 0 Å². The number of aryl methyl sites for hydroxylation is 2. The Kier molecular flexibility index (Phi) is 4.65. The molecule has 0 radical (unpaired) electrons. The lowest BCUT2D eigenvalue weighted by atomic mass is 10.1. The van der Waals surface area contributed by atoms with Gasteiger partial charge in [0.1, 0.15) is 5.82 Å². The molecule has 0 aliphatic rings. The van der Waals surface area contributed by atoms with Gasteiger partial charge in [-0.15, -0.1) is 0 Å². The zero-order valence-corrected chi connectivity index (χ0v) is 16.2. The van der Waals surface area contributed by atoms with E-state index in [-0.39, 0.29) is 5.91 Å². The maximum atomic E-state index is 13.0. The summed E-state index contributed by atoms with van der Waals surface area (Å²) in [7, 11) is 0. The molecule has 5 nitrogen and oxygen atoms in total. The van der Waals surface area contributed by atoms with Crippen LogP contribution in [-0.2, 0) is 6.42 Å². The maximum Gasteiger partial charge on any atom is 0.260 e. The molecule has 0 unspecified atom stereocenters. The fourth-order valence-electron chi connectivity index (χ4n) is 3.54. The SMILES string of the molecule is CCc1ccccc1-n1nc(C)c(C(=O)Nc2ccc3ccccc3n2)c1C. The molecule has 0 atom stereocenters. The standard InChI is InChI=1S/C23H22N4O/c1-4-17-9-6-8-12-20(17)27-16(3)22(15(2)26-27)23(28)25-21-14-13-18-10-5-7-11-19(18)24-21/h5-14H,4H2,1-3H3,(H,24,25,28). The summed E-state index contributed by atoms with van der Waals surface area (Å²) in [5.41, 5.74) is 5.14. The molecule has 4 rings (SSSR count). The van der Waals surface area contributed by atoms with Crippen LogP contribution in [0.5, 0.6) is 0 Å². The molecule has 1 N–H and O–H groups in total. The first kappa shape index (κ1) is 17.9. The molecule has 4 aromatic rings. The summed E-state index contributed by atoms with van der Waals surface area (Å²) < 4.78 is 1.86. The zero-order chi connectivity index (χ0) is 19.7. The lowest BCUT2D eigenvalue weighted by Crippen LogP contribution is -2.15. The topological polar surface area (TPSA) is 59.8 Å². The molecule has 5 heteroatoms. The Bertz CT molecular complexity index is 1180. The predicted octanol–water partition coefficient (Wildman–Crippen LogP) is 4.85. The van der Waals surface area contributed by atoms with Crippen LogP contribution in [0.1, 0.15) is 34.2 Å². The number of benzene rings is 2. The van der Waals surface area contributed by atoms with Gasteiger partial charge in [-0.1, -0.05) is 43.3 Å². The van der Waals surface area contributed by atoms with Crippen LogP contribution in [-0.4, -0.2) is 20.7 Å². The van der Waals surface area contributed by atoms with Gasteiger partial charge in [0.2, 0.25) is 0 Å². The number of pyridine rings is 1. The molecule has 28 heavy (non-hydrogen) atoms. The first-order chi connectivity index (χ1) is 13.6. The highest BCUT2D eigenvalue weighted by atomic mass is 16.1. The predicted molar refractivity (Wildman–Crippen MR) is 112 cm³/mol. The summed E-state index contributed by atoms with van der Waals surface area (Å²) in [5, 5.41) is 8.60. The van der Waals surface area contributed by atoms with Gasteiger partial charge in [0.25, 0.3) is 5.91 Å². The van der Waals surface area contributed by atoms with Crippen LogP contribution in [0.2, 0.25) is 0 Å². The third-order valence-corrected chi connectivity index (χ3v) is 4.96. The summed E-state index contributed by atoms with van der Waals surface area (Å²) in [6.07, 6.45) is 0.900. The number of fused-ring (bicyclic) bond motifs is 1. The number of nitrogens with one attached hydrogen (secondary N) is 1. The van der Waals surface area contributed by atoms with Crippen LogP contribution in [0.15, 0.2) is 60.7 Å². The highest BCUT2D eigenvalue weighted by molar-refractivity contribution is 6.05. The lowest BCUT2D eigenvalue weighted by Gasteiger charge is -2.10. The number of amides is 1. The van der Waals surface area contributed by atoms with E-state index in [1.165, 1.54) is 5.56 Å². The van der Waals surface area contributed by atoms with Gasteiger partial charge in [-0.2, -0.15) is 5.10 Å². The number of nitrogens with zero attached hydrogens (tertiary/aromatic N) is 3. The van der Waals surface area contributed by atoms with Crippen LogP contribution in [0.25, 0.3) is 16.6 Å². The van der Waals surface area contributed by atoms with Crippen LogP contribution < -0.4 is 5.32 Å². The lowest BCUT2D eigenvalue weighted by molar-refractivity contribution is 0.102. The Labute approximate surface area is 164 Å². The number of anilines is 1. The Balaban J connectivity index is 1.68. The molecule has 0 aliphatic heterocycles. The Morgan fingerprint density at radius 2 is 1.75 bits per heavy atom. The van der Waals surface area contributed by atoms with Gasteiger partial charge >= 0.3 is 0 Å². The van der Waals surface area contributed by atoms with Crippen LogP contribution in [0, 0.1) is 13.8 Å². The Morgan fingerprint density at radius 1 is 1.00 bits per heavy atom. The summed E-state index contributed by atoms with van der Waals surface area (Å²) >= 11 is 0. The monoisotopic (exact) mass is 370 g/mol. The van der Waals surface area contributed by atoms with E-state index in [0.717, 1.165) is 28.7 Å². The van der Waals surface area contributed by atoms with Gasteiger partial charge in [0.15, 0.2) is 0 Å². The minimum absolute atomic E-state index is 0.196. The molecule has 0 fully saturated rings. The Hall–Kier alpha value is -3.47. The van der Waals surface area contributed by atoms with Crippen molar-refractivity contribution in [2.45, 2.75) is 27.2 Å². The largest absolute Gasteiger partial charge is 0.306 e. The van der Waals surface area contributed by atoms with Crippen molar-refractivity contribution in [3.8, 4) is 5.69 Å². The van der Waals surface area contributed by atoms with E-state index in [4.69, 9.17) is 0 Å². The van der Waals surface area contributed by atoms with Crippen molar-refractivity contribution in [2.75, 3.05) is 5.32 Å². The normalized spacial score (nSPS) is 11.0. The van der Waals surface area contributed by atoms with Gasteiger partial charge in [-0.3, -0.25) is 4.79 Å². The van der Waals surface area contributed by atoms with E-state index in [1.54, 1.807) is 0 Å². The molecule has 140 valence electrons. The summed E-state index contributed by atoms with van der Waals surface area (Å²) in [6, 6.07) is 19.7. The van der Waals surface area contributed by atoms with Gasteiger partial charge < -0.3 is 5.32 Å². The van der Waals surface area contributed by atoms with Crippen molar-refractivity contribution in [1.29, 1.82) is 0 Å². The molecule has 2 aromatic heterocycles. The summed E-state index contributed by atoms with van der Waals surface area (Å²) in [5.74, 6) is 0.335. The number of hydrogen-bond acceptors (Lipinski definition) is 3. The third-order valence-electron chi connectivity index (χ3n) is 4.96. The van der Waals surface area contributed by atoms with E-state index in [9.17, 15) is 4.79 Å². The quantitative estimate of drug-likeness (QED) is 0.558. The van der Waals surface area contributed by atoms with Crippen molar-refractivity contribution in [3.63, 3.8) is 0 Å². The number of aromatic nitrogens is 3. The third kappa shape index (κ3) is 3.16. The van der Waals surface area contributed by atoms with Crippen molar-refractivity contribution in [2.24, 2.45) is 0 Å². The zero-order valence-electron chi connectivity index (χ0n) is 16.2. The van der Waals surface area contributed by atoms with Crippen molar-refractivity contribution in [3.05, 3.63) is 83.2 Å². The minimum Gasteiger partial charge on any atom is -0.306 e. The van der Waals surface area contributed by atoms with Crippen LogP contribution in [0.3, 0.4) is 0 Å². The second kappa shape index (κ2) is 7.27. The molecule has 0 saturated carbocycles. The van der Waals surface area contributed by atoms with E-state index in [1.807, 2.05) is 73.1 Å². The second-order valence-electron chi connectivity index (χ2n) is 6.78. The molecule has 1 amide bonds. The maximum absolute atomic E-state index is 13.0. The fraction of sp³-hybridized carbons (Fsp3) is 0.174. The first-order valence-corrected chi connectivity index (χ1v) is 9.40. The highest BCUT2D eigenvalue weighted by Crippen LogP contribution is 2.22. The number of para-hydroxylation sites is 2. The number of rotatable bonds is 4. The Morgan fingerprint density at radius 3 is 2.57 bits per heavy atom. The van der Waals surface area contributed by atoms with E-state index < -0.39 is 0 Å². The average Bonchev–Trinajstić information content (AvgIpc) is 3.01. The van der Waals surface area contributed by atoms with Crippen molar-refractivity contribution in [1.82, 2.24) is 14.8 Å². The highest BCUT2D eigenvalue weighted by Gasteiger charge is 2.20. The smallest absolute Gasteiger partial charge is 0.260 e. The molecule has 0 spiro atoms. The van der Waals surface area contributed by atoms with E-state index >= 15 is 0 Å². The first-order valence-electron chi connectivity index (χ1n) is 9.40. The van der Waals surface area contributed by atoms with E-state index in [2.05, 4.69) is 28.4 Å². The molecular formula is C23H22N4O. The number of carbonyl (C=O) groups is 1. The van der Waals surface area contributed by atoms with Gasteiger partial charge in [0.05, 0.1) is 28.2 Å². The van der Waals surface area contributed by atoms with E-state index in [0.29, 0.717) is 17.1 Å². The number of hydrogen-bond donors (Lipinski definition) is 1. The molecule has 0 saturated heterocycles. The fourth-order valence-corrected chi connectivity index (χ4v) is 3.54. The van der Waals surface area contributed by atoms with Gasteiger partial charge in [-0.25, -0.2) is 9.67 Å².